The van der Waals surface area contributed by atoms with Crippen LogP contribution in [0.4, 0.5) is 17.1 Å². The molecule has 0 aliphatic rings. The maximum Gasteiger partial charge on any atom is 0.0591 e. The monoisotopic (exact) mass is 245 g/mol. The third-order valence-corrected chi connectivity index (χ3v) is 3.15. The van der Waals surface area contributed by atoms with Crippen molar-refractivity contribution in [2.45, 2.75) is 4.90 Å². The van der Waals surface area contributed by atoms with E-state index in [2.05, 4.69) is 46.1 Å². The molecule has 0 radical (unpaired) electrons. The molecule has 4 heteroatoms. The van der Waals surface area contributed by atoms with Gasteiger partial charge < -0.3 is 10.6 Å². The smallest absolute Gasteiger partial charge is 0.0591 e. The maximum absolute atomic E-state index is 4.16. The molecule has 0 atom stereocenters. The van der Waals surface area contributed by atoms with Crippen LogP contribution in [0.15, 0.2) is 47.6 Å². The highest BCUT2D eigenvalue weighted by molar-refractivity contribution is 7.98. The predicted octanol–water partition coefficient (Wildman–Crippen LogP) is 3.59. The van der Waals surface area contributed by atoms with Crippen molar-refractivity contribution in [1.82, 2.24) is 4.98 Å². The molecule has 88 valence electrons. The molecule has 0 aliphatic heterocycles. The SMILES string of the molecule is CNc1cncc(Nc2ccc(SC)cc2)c1. The summed E-state index contributed by atoms with van der Waals surface area (Å²) in [5, 5.41) is 6.38. The van der Waals surface area contributed by atoms with Gasteiger partial charge in [0.05, 0.1) is 23.8 Å². The van der Waals surface area contributed by atoms with Gasteiger partial charge in [-0.3, -0.25) is 4.98 Å². The van der Waals surface area contributed by atoms with Crippen molar-refractivity contribution in [3.63, 3.8) is 0 Å². The molecule has 1 aromatic carbocycles. The van der Waals surface area contributed by atoms with E-state index in [1.165, 1.54) is 4.90 Å². The Morgan fingerprint density at radius 2 is 1.71 bits per heavy atom. The fraction of sp³-hybridized carbons (Fsp3) is 0.154. The van der Waals surface area contributed by atoms with E-state index in [1.807, 2.05) is 19.3 Å². The van der Waals surface area contributed by atoms with Gasteiger partial charge in [-0.1, -0.05) is 0 Å². The molecule has 2 rings (SSSR count). The minimum atomic E-state index is 0.980. The van der Waals surface area contributed by atoms with Gasteiger partial charge in [-0.05, 0) is 36.6 Å². The average Bonchev–Trinajstić information content (AvgIpc) is 2.40. The van der Waals surface area contributed by atoms with Crippen LogP contribution in [0, 0.1) is 0 Å². The standard InChI is InChI=1S/C13H15N3S/c1-14-11-7-12(9-15-8-11)16-10-3-5-13(17-2)6-4-10/h3-9,14,16H,1-2H3. The number of thioether (sulfide) groups is 1. The van der Waals surface area contributed by atoms with Crippen LogP contribution in [-0.2, 0) is 0 Å². The Balaban J connectivity index is 2.13. The number of pyridine rings is 1. The van der Waals surface area contributed by atoms with Crippen LogP contribution >= 0.6 is 11.8 Å². The van der Waals surface area contributed by atoms with E-state index >= 15 is 0 Å². The summed E-state index contributed by atoms with van der Waals surface area (Å²) in [7, 11) is 1.88. The summed E-state index contributed by atoms with van der Waals surface area (Å²) in [6, 6.07) is 10.4. The van der Waals surface area contributed by atoms with E-state index in [0.29, 0.717) is 0 Å². The van der Waals surface area contributed by atoms with Gasteiger partial charge in [-0.2, -0.15) is 0 Å². The zero-order valence-corrected chi connectivity index (χ0v) is 10.7. The van der Waals surface area contributed by atoms with E-state index in [-0.39, 0.29) is 0 Å². The lowest BCUT2D eigenvalue weighted by molar-refractivity contribution is 1.30. The lowest BCUT2D eigenvalue weighted by Crippen LogP contribution is -1.94. The van der Waals surface area contributed by atoms with Crippen molar-refractivity contribution >= 4 is 28.8 Å². The molecular formula is C13H15N3S. The van der Waals surface area contributed by atoms with Crippen LogP contribution in [0.1, 0.15) is 0 Å². The van der Waals surface area contributed by atoms with Crippen LogP contribution in [0.5, 0.6) is 0 Å². The molecule has 0 saturated carbocycles. The molecule has 0 bridgehead atoms. The van der Waals surface area contributed by atoms with Crippen molar-refractivity contribution in [3.8, 4) is 0 Å². The summed E-state index contributed by atoms with van der Waals surface area (Å²) in [5.74, 6) is 0. The minimum absolute atomic E-state index is 0.980. The Kier molecular flexibility index (Phi) is 3.88. The summed E-state index contributed by atoms with van der Waals surface area (Å²) >= 11 is 1.74. The number of nitrogens with zero attached hydrogens (tertiary/aromatic N) is 1. The average molecular weight is 245 g/mol. The highest BCUT2D eigenvalue weighted by Crippen LogP contribution is 2.21. The van der Waals surface area contributed by atoms with Crippen LogP contribution in [0.3, 0.4) is 0 Å². The normalized spacial score (nSPS) is 10.0. The van der Waals surface area contributed by atoms with Crippen molar-refractivity contribution < 1.29 is 0 Å². The highest BCUT2D eigenvalue weighted by atomic mass is 32.2. The van der Waals surface area contributed by atoms with Gasteiger partial charge in [0.2, 0.25) is 0 Å². The van der Waals surface area contributed by atoms with Crippen LogP contribution in [-0.4, -0.2) is 18.3 Å². The van der Waals surface area contributed by atoms with Crippen LogP contribution < -0.4 is 10.6 Å². The first kappa shape index (κ1) is 11.8. The third-order valence-electron chi connectivity index (χ3n) is 2.41. The van der Waals surface area contributed by atoms with Gasteiger partial charge in [0.1, 0.15) is 0 Å². The second-order valence-electron chi connectivity index (χ2n) is 3.57. The van der Waals surface area contributed by atoms with Crippen molar-refractivity contribution in [1.29, 1.82) is 0 Å². The van der Waals surface area contributed by atoms with Crippen molar-refractivity contribution in [2.75, 3.05) is 23.9 Å². The molecule has 17 heavy (non-hydrogen) atoms. The largest absolute Gasteiger partial charge is 0.387 e. The molecule has 2 N–H and O–H groups in total. The number of rotatable bonds is 4. The molecule has 0 fully saturated rings. The zero-order valence-electron chi connectivity index (χ0n) is 9.90. The van der Waals surface area contributed by atoms with Gasteiger partial charge in [0.25, 0.3) is 0 Å². The van der Waals surface area contributed by atoms with Crippen molar-refractivity contribution in [2.24, 2.45) is 0 Å². The summed E-state index contributed by atoms with van der Waals surface area (Å²) in [6.45, 7) is 0. The fourth-order valence-electron chi connectivity index (χ4n) is 1.49. The fourth-order valence-corrected chi connectivity index (χ4v) is 1.89. The third kappa shape index (κ3) is 3.14. The van der Waals surface area contributed by atoms with Gasteiger partial charge >= 0.3 is 0 Å². The number of benzene rings is 1. The quantitative estimate of drug-likeness (QED) is 0.807. The summed E-state index contributed by atoms with van der Waals surface area (Å²) < 4.78 is 0. The Bertz CT molecular complexity index is 482. The Labute approximate surface area is 106 Å². The van der Waals surface area contributed by atoms with Gasteiger partial charge in [-0.25, -0.2) is 0 Å². The number of aromatic nitrogens is 1. The summed E-state index contributed by atoms with van der Waals surface area (Å²) in [5.41, 5.74) is 3.04. The summed E-state index contributed by atoms with van der Waals surface area (Å²) in [6.07, 6.45) is 5.67. The number of anilines is 3. The number of hydrogen-bond donors (Lipinski definition) is 2. The Morgan fingerprint density at radius 1 is 1.00 bits per heavy atom. The summed E-state index contributed by atoms with van der Waals surface area (Å²) in [4.78, 5) is 5.42. The van der Waals surface area contributed by atoms with E-state index in [0.717, 1.165) is 17.1 Å². The molecule has 0 saturated heterocycles. The zero-order chi connectivity index (χ0) is 12.1. The maximum atomic E-state index is 4.16. The number of hydrogen-bond acceptors (Lipinski definition) is 4. The van der Waals surface area contributed by atoms with E-state index in [1.54, 1.807) is 18.0 Å². The molecule has 0 unspecified atom stereocenters. The Morgan fingerprint density at radius 3 is 2.35 bits per heavy atom. The molecule has 2 aromatic rings. The minimum Gasteiger partial charge on any atom is -0.387 e. The first-order valence-electron chi connectivity index (χ1n) is 5.35. The molecule has 1 aromatic heterocycles. The van der Waals surface area contributed by atoms with Gasteiger partial charge in [0.15, 0.2) is 0 Å². The molecule has 3 nitrogen and oxygen atoms in total. The topological polar surface area (TPSA) is 37.0 Å². The second kappa shape index (κ2) is 5.59. The highest BCUT2D eigenvalue weighted by Gasteiger charge is 1.97. The lowest BCUT2D eigenvalue weighted by atomic mass is 10.3. The van der Waals surface area contributed by atoms with Gasteiger partial charge in [0, 0.05) is 17.6 Å². The first-order chi connectivity index (χ1) is 8.31. The van der Waals surface area contributed by atoms with E-state index in [9.17, 15) is 0 Å². The lowest BCUT2D eigenvalue weighted by Gasteiger charge is -2.08. The van der Waals surface area contributed by atoms with Crippen LogP contribution in [0.25, 0.3) is 0 Å². The molecule has 0 amide bonds. The Hall–Kier alpha value is -1.68. The first-order valence-corrected chi connectivity index (χ1v) is 6.58. The molecular weight excluding hydrogens is 230 g/mol. The molecule has 0 spiro atoms. The van der Waals surface area contributed by atoms with Crippen LogP contribution in [0.2, 0.25) is 0 Å². The van der Waals surface area contributed by atoms with E-state index < -0.39 is 0 Å². The molecule has 0 aliphatic carbocycles. The second-order valence-corrected chi connectivity index (χ2v) is 4.45. The van der Waals surface area contributed by atoms with E-state index in [4.69, 9.17) is 0 Å². The molecule has 1 heterocycles. The van der Waals surface area contributed by atoms with Crippen molar-refractivity contribution in [3.05, 3.63) is 42.7 Å². The number of nitrogens with one attached hydrogen (secondary N) is 2. The predicted molar refractivity (Wildman–Crippen MR) is 75.3 cm³/mol. The van der Waals surface area contributed by atoms with Gasteiger partial charge in [-0.15, -0.1) is 11.8 Å².